The van der Waals surface area contributed by atoms with Gasteiger partial charge in [-0.1, -0.05) is 0 Å². The summed E-state index contributed by atoms with van der Waals surface area (Å²) in [7, 11) is 0. The first kappa shape index (κ1) is 7.36. The van der Waals surface area contributed by atoms with Gasteiger partial charge in [-0.05, 0) is 18.6 Å². The van der Waals surface area contributed by atoms with Gasteiger partial charge in [-0.25, -0.2) is 0 Å². The summed E-state index contributed by atoms with van der Waals surface area (Å²) in [6.07, 6.45) is 1.65. The van der Waals surface area contributed by atoms with Crippen molar-refractivity contribution in [1.82, 2.24) is 4.40 Å². The van der Waals surface area contributed by atoms with E-state index in [2.05, 4.69) is 0 Å². The molecule has 0 bridgehead atoms. The second kappa shape index (κ2) is 2.35. The van der Waals surface area contributed by atoms with Crippen molar-refractivity contribution in [2.24, 2.45) is 0 Å². The van der Waals surface area contributed by atoms with Crippen LogP contribution in [0.25, 0.3) is 4.83 Å². The lowest BCUT2D eigenvalue weighted by atomic mass is 10.3. The zero-order chi connectivity index (χ0) is 8.72. The van der Waals surface area contributed by atoms with Crippen molar-refractivity contribution in [3.63, 3.8) is 0 Å². The maximum absolute atomic E-state index is 11.3. The SMILES string of the molecule is Cc1cc2sccn2c(=O)c1O. The van der Waals surface area contributed by atoms with Crippen LogP contribution in [0.15, 0.2) is 22.4 Å². The highest BCUT2D eigenvalue weighted by atomic mass is 32.1. The van der Waals surface area contributed by atoms with Gasteiger partial charge in [0.25, 0.3) is 5.56 Å². The summed E-state index contributed by atoms with van der Waals surface area (Å²) < 4.78 is 1.44. The Morgan fingerprint density at radius 3 is 3.08 bits per heavy atom. The molecule has 0 aliphatic heterocycles. The first-order valence-corrected chi connectivity index (χ1v) is 4.36. The molecule has 0 aliphatic carbocycles. The van der Waals surface area contributed by atoms with Gasteiger partial charge in [0.15, 0.2) is 5.75 Å². The average molecular weight is 181 g/mol. The minimum Gasteiger partial charge on any atom is -0.503 e. The molecule has 0 radical (unpaired) electrons. The maximum Gasteiger partial charge on any atom is 0.298 e. The topological polar surface area (TPSA) is 41.7 Å². The van der Waals surface area contributed by atoms with Crippen LogP contribution in [0.1, 0.15) is 5.56 Å². The van der Waals surface area contributed by atoms with E-state index in [0.717, 1.165) is 4.83 Å². The van der Waals surface area contributed by atoms with Crippen molar-refractivity contribution in [3.05, 3.63) is 33.6 Å². The molecular weight excluding hydrogens is 174 g/mol. The van der Waals surface area contributed by atoms with E-state index in [4.69, 9.17) is 0 Å². The summed E-state index contributed by atoms with van der Waals surface area (Å²) in [6.45, 7) is 1.72. The summed E-state index contributed by atoms with van der Waals surface area (Å²) in [5.41, 5.74) is 0.286. The van der Waals surface area contributed by atoms with Crippen molar-refractivity contribution in [1.29, 1.82) is 0 Å². The molecule has 0 spiro atoms. The van der Waals surface area contributed by atoms with Crippen molar-refractivity contribution in [3.8, 4) is 5.75 Å². The Labute approximate surface area is 72.5 Å². The zero-order valence-corrected chi connectivity index (χ0v) is 7.26. The number of hydrogen-bond donors (Lipinski definition) is 1. The Morgan fingerprint density at radius 2 is 2.33 bits per heavy atom. The highest BCUT2D eigenvalue weighted by molar-refractivity contribution is 7.15. The number of rotatable bonds is 0. The normalized spacial score (nSPS) is 10.8. The van der Waals surface area contributed by atoms with Crippen LogP contribution in [0.4, 0.5) is 0 Å². The second-order valence-corrected chi connectivity index (χ2v) is 3.52. The Kier molecular flexibility index (Phi) is 1.44. The van der Waals surface area contributed by atoms with Crippen molar-refractivity contribution in [2.75, 3.05) is 0 Å². The number of fused-ring (bicyclic) bond motifs is 1. The van der Waals surface area contributed by atoms with E-state index in [1.165, 1.54) is 15.7 Å². The van der Waals surface area contributed by atoms with Gasteiger partial charge in [0.1, 0.15) is 4.83 Å². The molecule has 2 aromatic heterocycles. The van der Waals surface area contributed by atoms with Crippen LogP contribution in [0.5, 0.6) is 5.75 Å². The predicted molar refractivity (Wildman–Crippen MR) is 47.9 cm³/mol. The summed E-state index contributed by atoms with van der Waals surface area (Å²) in [6, 6.07) is 1.79. The number of hydrogen-bond acceptors (Lipinski definition) is 3. The quantitative estimate of drug-likeness (QED) is 0.667. The third kappa shape index (κ3) is 0.848. The average Bonchev–Trinajstić information content (AvgIpc) is 2.48. The van der Waals surface area contributed by atoms with E-state index < -0.39 is 0 Å². The largest absolute Gasteiger partial charge is 0.503 e. The summed E-state index contributed by atoms with van der Waals surface area (Å²) in [5.74, 6) is -0.161. The van der Waals surface area contributed by atoms with Crippen LogP contribution < -0.4 is 5.56 Å². The number of thiazole rings is 1. The standard InChI is InChI=1S/C8H7NO2S/c1-5-4-6-9(2-3-12-6)8(11)7(5)10/h2-4,10H,1H3. The van der Waals surface area contributed by atoms with E-state index in [9.17, 15) is 9.90 Å². The van der Waals surface area contributed by atoms with Crippen LogP contribution in [-0.4, -0.2) is 9.51 Å². The van der Waals surface area contributed by atoms with E-state index in [1.807, 2.05) is 5.38 Å². The van der Waals surface area contributed by atoms with Crippen molar-refractivity contribution >= 4 is 16.2 Å². The van der Waals surface area contributed by atoms with E-state index in [1.54, 1.807) is 19.2 Å². The lowest BCUT2D eigenvalue weighted by Crippen LogP contribution is -2.11. The van der Waals surface area contributed by atoms with Gasteiger partial charge in [-0.2, -0.15) is 0 Å². The van der Waals surface area contributed by atoms with Crippen LogP contribution >= 0.6 is 11.3 Å². The lowest BCUT2D eigenvalue weighted by molar-refractivity contribution is 0.461. The van der Waals surface area contributed by atoms with Crippen LogP contribution in [0.2, 0.25) is 0 Å². The highest BCUT2D eigenvalue weighted by Crippen LogP contribution is 2.16. The second-order valence-electron chi connectivity index (χ2n) is 2.59. The van der Waals surface area contributed by atoms with E-state index >= 15 is 0 Å². The molecule has 0 aliphatic rings. The number of aromatic hydroxyl groups is 1. The van der Waals surface area contributed by atoms with Gasteiger partial charge < -0.3 is 5.11 Å². The molecule has 12 heavy (non-hydrogen) atoms. The lowest BCUT2D eigenvalue weighted by Gasteiger charge is -1.97. The van der Waals surface area contributed by atoms with Crippen LogP contribution in [0.3, 0.4) is 0 Å². The highest BCUT2D eigenvalue weighted by Gasteiger charge is 2.05. The zero-order valence-electron chi connectivity index (χ0n) is 6.44. The predicted octanol–water partition coefficient (Wildman–Crippen LogP) is 1.38. The molecule has 3 nitrogen and oxygen atoms in total. The van der Waals surface area contributed by atoms with Gasteiger partial charge >= 0.3 is 0 Å². The minimum atomic E-state index is -0.341. The third-order valence-electron chi connectivity index (χ3n) is 1.77. The summed E-state index contributed by atoms with van der Waals surface area (Å²) >= 11 is 1.48. The molecule has 2 rings (SSSR count). The van der Waals surface area contributed by atoms with Crippen LogP contribution in [0, 0.1) is 6.92 Å². The fraction of sp³-hybridized carbons (Fsp3) is 0.125. The molecule has 1 N–H and O–H groups in total. The molecule has 0 unspecified atom stereocenters. The minimum absolute atomic E-state index is 0.161. The maximum atomic E-state index is 11.3. The van der Waals surface area contributed by atoms with E-state index in [0.29, 0.717) is 5.56 Å². The first-order chi connectivity index (χ1) is 5.70. The Morgan fingerprint density at radius 1 is 1.58 bits per heavy atom. The monoisotopic (exact) mass is 181 g/mol. The van der Waals surface area contributed by atoms with Gasteiger partial charge in [0.05, 0.1) is 0 Å². The first-order valence-electron chi connectivity index (χ1n) is 3.48. The van der Waals surface area contributed by atoms with Gasteiger partial charge in [0.2, 0.25) is 0 Å². The molecule has 0 saturated heterocycles. The smallest absolute Gasteiger partial charge is 0.298 e. The molecule has 4 heteroatoms. The number of nitrogens with zero attached hydrogens (tertiary/aromatic N) is 1. The molecule has 2 aromatic rings. The fourth-order valence-corrected chi connectivity index (χ4v) is 1.92. The molecule has 2 heterocycles. The molecule has 0 aromatic carbocycles. The molecule has 62 valence electrons. The van der Waals surface area contributed by atoms with Gasteiger partial charge in [-0.15, -0.1) is 11.3 Å². The van der Waals surface area contributed by atoms with Gasteiger partial charge in [0, 0.05) is 11.6 Å². The molecule has 0 saturated carbocycles. The molecule has 0 amide bonds. The molecule has 0 atom stereocenters. The fourth-order valence-electron chi connectivity index (χ4n) is 1.10. The van der Waals surface area contributed by atoms with Gasteiger partial charge in [-0.3, -0.25) is 9.20 Å². The van der Waals surface area contributed by atoms with Crippen molar-refractivity contribution in [2.45, 2.75) is 6.92 Å². The summed E-state index contributed by atoms with van der Waals surface area (Å²) in [4.78, 5) is 12.2. The molecule has 0 fully saturated rings. The van der Waals surface area contributed by atoms with E-state index in [-0.39, 0.29) is 11.3 Å². The summed E-state index contributed by atoms with van der Waals surface area (Å²) in [5, 5.41) is 11.1. The Hall–Kier alpha value is -1.29. The Balaban J connectivity index is 3.05. The third-order valence-corrected chi connectivity index (χ3v) is 2.58. The number of aryl methyl sites for hydroxylation is 1. The number of aromatic nitrogens is 1. The Bertz CT molecular complexity index is 483. The van der Waals surface area contributed by atoms with Crippen LogP contribution in [-0.2, 0) is 0 Å². The van der Waals surface area contributed by atoms with Crippen molar-refractivity contribution < 1.29 is 5.11 Å². The number of pyridine rings is 1. The molecular formula is C8H7NO2S.